The van der Waals surface area contributed by atoms with E-state index in [1.54, 1.807) is 0 Å². The van der Waals surface area contributed by atoms with Crippen LogP contribution in [0, 0.1) is 5.92 Å². The van der Waals surface area contributed by atoms with Gasteiger partial charge in [-0.05, 0) is 45.2 Å². The van der Waals surface area contributed by atoms with Gasteiger partial charge in [-0.2, -0.15) is 0 Å². The van der Waals surface area contributed by atoms with Crippen molar-refractivity contribution >= 4 is 5.91 Å². The average molecular weight is 263 g/mol. The third-order valence-electron chi connectivity index (χ3n) is 4.92. The Labute approximate surface area is 115 Å². The van der Waals surface area contributed by atoms with Crippen LogP contribution < -0.4 is 5.73 Å². The molecule has 1 atom stereocenters. The first-order valence-corrected chi connectivity index (χ1v) is 7.67. The minimum absolute atomic E-state index is 0.230. The van der Waals surface area contributed by atoms with E-state index < -0.39 is 0 Å². The Morgan fingerprint density at radius 2 is 1.74 bits per heavy atom. The third kappa shape index (κ3) is 2.84. The number of piperidine rings is 1. The molecule has 1 amide bonds. The Kier molecular flexibility index (Phi) is 3.89. The van der Waals surface area contributed by atoms with E-state index in [2.05, 4.69) is 22.0 Å². The summed E-state index contributed by atoms with van der Waals surface area (Å²) >= 11 is 0. The van der Waals surface area contributed by atoms with E-state index in [4.69, 9.17) is 5.73 Å². The number of amides is 1. The lowest BCUT2D eigenvalue weighted by atomic mass is 10.0. The van der Waals surface area contributed by atoms with Gasteiger partial charge in [0, 0.05) is 31.1 Å². The highest BCUT2D eigenvalue weighted by atomic mass is 16.2. The smallest absolute Gasteiger partial charge is 0.226 e. The van der Waals surface area contributed by atoms with E-state index in [9.17, 15) is 4.79 Å². The van der Waals surface area contributed by atoms with Crippen molar-refractivity contribution in [1.29, 1.82) is 0 Å². The van der Waals surface area contributed by atoms with Gasteiger partial charge in [0.25, 0.3) is 0 Å². The molecule has 0 aromatic rings. The summed E-state index contributed by atoms with van der Waals surface area (Å²) in [4.78, 5) is 17.0. The standard InChI is InChI=1S/C15H25N3O/c16-13-5-8-17(9-6-13)14-7-10-18(11-14)15(19)12-3-1-2-4-12/h1-2,12-14H,3-11,16H2. The van der Waals surface area contributed by atoms with Gasteiger partial charge < -0.3 is 10.6 Å². The molecule has 0 aromatic heterocycles. The summed E-state index contributed by atoms with van der Waals surface area (Å²) in [6.07, 6.45) is 9.52. The van der Waals surface area contributed by atoms with Gasteiger partial charge in [0.15, 0.2) is 0 Å². The Balaban J connectivity index is 1.51. The van der Waals surface area contributed by atoms with Gasteiger partial charge in [0.05, 0.1) is 0 Å². The molecule has 4 nitrogen and oxygen atoms in total. The zero-order valence-corrected chi connectivity index (χ0v) is 11.6. The topological polar surface area (TPSA) is 49.6 Å². The van der Waals surface area contributed by atoms with E-state index >= 15 is 0 Å². The molecule has 4 heteroatoms. The second-order valence-corrected chi connectivity index (χ2v) is 6.24. The van der Waals surface area contributed by atoms with E-state index in [0.717, 1.165) is 58.3 Å². The summed E-state index contributed by atoms with van der Waals surface area (Å²) in [5.41, 5.74) is 5.96. The number of hydrogen-bond donors (Lipinski definition) is 1. The predicted molar refractivity (Wildman–Crippen MR) is 75.6 cm³/mol. The second-order valence-electron chi connectivity index (χ2n) is 6.24. The van der Waals surface area contributed by atoms with E-state index in [1.165, 1.54) is 0 Å². The molecule has 3 aliphatic rings. The van der Waals surface area contributed by atoms with Crippen LogP contribution in [-0.2, 0) is 4.79 Å². The Morgan fingerprint density at radius 1 is 1.05 bits per heavy atom. The van der Waals surface area contributed by atoms with Gasteiger partial charge in [-0.3, -0.25) is 9.69 Å². The van der Waals surface area contributed by atoms with Crippen molar-refractivity contribution in [3.05, 3.63) is 12.2 Å². The van der Waals surface area contributed by atoms with Gasteiger partial charge in [-0.15, -0.1) is 0 Å². The molecule has 2 fully saturated rings. The lowest BCUT2D eigenvalue weighted by molar-refractivity contribution is -0.134. The summed E-state index contributed by atoms with van der Waals surface area (Å²) < 4.78 is 0. The van der Waals surface area contributed by atoms with Gasteiger partial charge in [-0.25, -0.2) is 0 Å². The Hall–Kier alpha value is -0.870. The summed E-state index contributed by atoms with van der Waals surface area (Å²) in [5.74, 6) is 0.606. The summed E-state index contributed by atoms with van der Waals surface area (Å²) in [7, 11) is 0. The fourth-order valence-electron chi connectivity index (χ4n) is 3.60. The zero-order valence-electron chi connectivity index (χ0n) is 11.6. The molecule has 2 saturated heterocycles. The molecule has 2 aliphatic heterocycles. The number of carbonyl (C=O) groups is 1. The summed E-state index contributed by atoms with van der Waals surface area (Å²) in [6, 6.07) is 0.964. The molecule has 0 radical (unpaired) electrons. The first-order valence-electron chi connectivity index (χ1n) is 7.67. The van der Waals surface area contributed by atoms with Crippen molar-refractivity contribution in [2.75, 3.05) is 26.2 Å². The second kappa shape index (κ2) is 5.63. The molecular weight excluding hydrogens is 238 g/mol. The van der Waals surface area contributed by atoms with Crippen LogP contribution in [0.1, 0.15) is 32.1 Å². The molecule has 2 heterocycles. The quantitative estimate of drug-likeness (QED) is 0.756. The molecule has 1 unspecified atom stereocenters. The number of carbonyl (C=O) groups excluding carboxylic acids is 1. The molecule has 3 rings (SSSR count). The SMILES string of the molecule is NC1CCN(C2CCN(C(=O)C3CC=CC3)C2)CC1. The summed E-state index contributed by atoms with van der Waals surface area (Å²) in [6.45, 7) is 4.10. The molecule has 2 N–H and O–H groups in total. The fraction of sp³-hybridized carbons (Fsp3) is 0.800. The van der Waals surface area contributed by atoms with E-state index in [1.807, 2.05) is 0 Å². The molecule has 0 spiro atoms. The number of likely N-dealkylation sites (tertiary alicyclic amines) is 2. The fourth-order valence-corrected chi connectivity index (χ4v) is 3.60. The van der Waals surface area contributed by atoms with Crippen LogP contribution in [0.4, 0.5) is 0 Å². The Bertz CT molecular complexity index is 352. The highest BCUT2D eigenvalue weighted by Gasteiger charge is 2.34. The van der Waals surface area contributed by atoms with Crippen LogP contribution in [0.15, 0.2) is 12.2 Å². The summed E-state index contributed by atoms with van der Waals surface area (Å²) in [5, 5.41) is 0. The van der Waals surface area contributed by atoms with E-state index in [-0.39, 0.29) is 5.92 Å². The molecule has 0 bridgehead atoms. The monoisotopic (exact) mass is 263 g/mol. The largest absolute Gasteiger partial charge is 0.341 e. The van der Waals surface area contributed by atoms with Gasteiger partial charge >= 0.3 is 0 Å². The number of rotatable bonds is 2. The van der Waals surface area contributed by atoms with Gasteiger partial charge in [0.2, 0.25) is 5.91 Å². The number of nitrogens with two attached hydrogens (primary N) is 1. The number of allylic oxidation sites excluding steroid dienone is 2. The van der Waals surface area contributed by atoms with Crippen molar-refractivity contribution < 1.29 is 4.79 Å². The molecule has 106 valence electrons. The Morgan fingerprint density at radius 3 is 2.42 bits per heavy atom. The van der Waals surface area contributed by atoms with Crippen LogP contribution in [-0.4, -0.2) is 54.0 Å². The highest BCUT2D eigenvalue weighted by molar-refractivity contribution is 5.80. The maximum atomic E-state index is 12.4. The van der Waals surface area contributed by atoms with Gasteiger partial charge in [0.1, 0.15) is 0 Å². The van der Waals surface area contributed by atoms with Crippen molar-refractivity contribution in [2.45, 2.75) is 44.2 Å². The van der Waals surface area contributed by atoms with Crippen LogP contribution in [0.5, 0.6) is 0 Å². The maximum Gasteiger partial charge on any atom is 0.226 e. The maximum absolute atomic E-state index is 12.4. The lowest BCUT2D eigenvalue weighted by Crippen LogP contribution is -2.46. The van der Waals surface area contributed by atoms with Crippen molar-refractivity contribution in [1.82, 2.24) is 9.80 Å². The number of hydrogen-bond acceptors (Lipinski definition) is 3. The van der Waals surface area contributed by atoms with Gasteiger partial charge in [-0.1, -0.05) is 12.2 Å². The molecule has 19 heavy (non-hydrogen) atoms. The molecular formula is C15H25N3O. The first-order chi connectivity index (χ1) is 9.24. The van der Waals surface area contributed by atoms with E-state index in [0.29, 0.717) is 18.0 Å². The predicted octanol–water partition coefficient (Wildman–Crippen LogP) is 0.977. The third-order valence-corrected chi connectivity index (χ3v) is 4.92. The molecule has 1 aliphatic carbocycles. The van der Waals surface area contributed by atoms with Crippen LogP contribution in [0.2, 0.25) is 0 Å². The van der Waals surface area contributed by atoms with Crippen molar-refractivity contribution in [3.8, 4) is 0 Å². The molecule has 0 saturated carbocycles. The zero-order chi connectivity index (χ0) is 13.2. The van der Waals surface area contributed by atoms with Crippen molar-refractivity contribution in [2.24, 2.45) is 11.7 Å². The minimum atomic E-state index is 0.230. The normalized spacial score (nSPS) is 30.4. The van der Waals surface area contributed by atoms with Crippen LogP contribution in [0.3, 0.4) is 0 Å². The first kappa shape index (κ1) is 13.1. The minimum Gasteiger partial charge on any atom is -0.341 e. The highest BCUT2D eigenvalue weighted by Crippen LogP contribution is 2.25. The van der Waals surface area contributed by atoms with Crippen molar-refractivity contribution in [3.63, 3.8) is 0 Å². The molecule has 0 aromatic carbocycles. The average Bonchev–Trinajstić information content (AvgIpc) is 3.10. The van der Waals surface area contributed by atoms with Crippen LogP contribution in [0.25, 0.3) is 0 Å². The lowest BCUT2D eigenvalue weighted by Gasteiger charge is -2.34. The number of nitrogens with zero attached hydrogens (tertiary/aromatic N) is 2. The van der Waals surface area contributed by atoms with Crippen LogP contribution >= 0.6 is 0 Å².